The summed E-state index contributed by atoms with van der Waals surface area (Å²) in [7, 11) is 3.71. The number of carbonyl (C=O) groups excluding carboxylic acids is 1. The van der Waals surface area contributed by atoms with Crippen molar-refractivity contribution in [2.24, 2.45) is 7.05 Å². The predicted molar refractivity (Wildman–Crippen MR) is 103 cm³/mol. The number of aromatic nitrogens is 5. The zero-order chi connectivity index (χ0) is 19.1. The molecule has 8 heteroatoms. The van der Waals surface area contributed by atoms with Gasteiger partial charge in [0.1, 0.15) is 5.82 Å². The van der Waals surface area contributed by atoms with E-state index in [0.717, 1.165) is 48.8 Å². The van der Waals surface area contributed by atoms with Crippen molar-refractivity contribution < 1.29 is 4.79 Å². The van der Waals surface area contributed by atoms with E-state index in [1.165, 1.54) is 0 Å². The van der Waals surface area contributed by atoms with E-state index < -0.39 is 0 Å². The van der Waals surface area contributed by atoms with Crippen molar-refractivity contribution in [3.8, 4) is 0 Å². The molecule has 1 amide bonds. The average Bonchev–Trinajstić information content (AvgIpc) is 3.24. The molecular formula is C19H25N7O. The second kappa shape index (κ2) is 6.68. The van der Waals surface area contributed by atoms with Gasteiger partial charge >= 0.3 is 0 Å². The van der Waals surface area contributed by atoms with E-state index in [9.17, 15) is 4.79 Å². The Hall–Kier alpha value is -2.90. The number of hydrogen-bond acceptors (Lipinski definition) is 5. The van der Waals surface area contributed by atoms with E-state index in [4.69, 9.17) is 0 Å². The summed E-state index contributed by atoms with van der Waals surface area (Å²) in [4.78, 5) is 21.4. The maximum Gasteiger partial charge on any atom is 0.257 e. The number of piperidine rings is 1. The van der Waals surface area contributed by atoms with Crippen LogP contribution < -0.4 is 4.90 Å². The van der Waals surface area contributed by atoms with Gasteiger partial charge in [0.05, 0.1) is 17.5 Å². The fourth-order valence-corrected chi connectivity index (χ4v) is 3.80. The third kappa shape index (κ3) is 3.27. The Morgan fingerprint density at radius 1 is 1.19 bits per heavy atom. The molecule has 27 heavy (non-hydrogen) atoms. The van der Waals surface area contributed by atoms with Gasteiger partial charge in [-0.3, -0.25) is 9.48 Å². The van der Waals surface area contributed by atoms with Gasteiger partial charge in [-0.25, -0.2) is 4.98 Å². The lowest BCUT2D eigenvalue weighted by Gasteiger charge is -2.37. The van der Waals surface area contributed by atoms with Gasteiger partial charge in [-0.15, -0.1) is 0 Å². The van der Waals surface area contributed by atoms with Gasteiger partial charge in [-0.05, 0) is 26.7 Å². The molecule has 0 bridgehead atoms. The highest BCUT2D eigenvalue weighted by molar-refractivity contribution is 5.93. The quantitative estimate of drug-likeness (QED) is 0.706. The summed E-state index contributed by atoms with van der Waals surface area (Å²) in [5, 5.41) is 8.69. The Kier molecular flexibility index (Phi) is 4.33. The van der Waals surface area contributed by atoms with Crippen molar-refractivity contribution in [3.63, 3.8) is 0 Å². The van der Waals surface area contributed by atoms with Gasteiger partial charge in [-0.1, -0.05) is 0 Å². The molecule has 0 saturated carbocycles. The molecule has 1 fully saturated rings. The SMILES string of the molecule is Cc1cc(N2CCC(N(C)C(=O)c3cnn(C)c3)CC2)n2nc(C)cc2n1. The third-order valence-electron chi connectivity index (χ3n) is 5.27. The molecule has 4 rings (SSSR count). The van der Waals surface area contributed by atoms with Gasteiger partial charge < -0.3 is 9.80 Å². The Morgan fingerprint density at radius 3 is 2.59 bits per heavy atom. The van der Waals surface area contributed by atoms with E-state index >= 15 is 0 Å². The zero-order valence-corrected chi connectivity index (χ0v) is 16.3. The molecule has 3 aromatic heterocycles. The van der Waals surface area contributed by atoms with E-state index in [0.29, 0.717) is 5.56 Å². The van der Waals surface area contributed by atoms with Crippen molar-refractivity contribution >= 4 is 17.4 Å². The number of rotatable bonds is 3. The van der Waals surface area contributed by atoms with E-state index in [1.807, 2.05) is 43.4 Å². The molecule has 0 atom stereocenters. The maximum absolute atomic E-state index is 12.7. The minimum Gasteiger partial charge on any atom is -0.356 e. The molecule has 0 radical (unpaired) electrons. The normalized spacial score (nSPS) is 15.5. The summed E-state index contributed by atoms with van der Waals surface area (Å²) < 4.78 is 3.58. The topological polar surface area (TPSA) is 71.6 Å². The van der Waals surface area contributed by atoms with E-state index in [1.54, 1.807) is 17.1 Å². The van der Waals surface area contributed by atoms with Gasteiger partial charge in [0.25, 0.3) is 5.91 Å². The van der Waals surface area contributed by atoms with Crippen LogP contribution in [-0.4, -0.2) is 61.4 Å². The molecule has 1 aliphatic rings. The average molecular weight is 367 g/mol. The van der Waals surface area contributed by atoms with Crippen LogP contribution in [0.25, 0.3) is 5.65 Å². The van der Waals surface area contributed by atoms with Crippen LogP contribution >= 0.6 is 0 Å². The monoisotopic (exact) mass is 367 g/mol. The lowest BCUT2D eigenvalue weighted by atomic mass is 10.0. The van der Waals surface area contributed by atoms with E-state index in [2.05, 4.69) is 26.1 Å². The largest absolute Gasteiger partial charge is 0.356 e. The molecule has 1 aliphatic heterocycles. The number of anilines is 1. The summed E-state index contributed by atoms with van der Waals surface area (Å²) in [6, 6.07) is 4.32. The van der Waals surface area contributed by atoms with Crippen molar-refractivity contribution in [3.05, 3.63) is 41.5 Å². The second-order valence-electron chi connectivity index (χ2n) is 7.35. The molecule has 142 valence electrons. The number of hydrogen-bond donors (Lipinski definition) is 0. The van der Waals surface area contributed by atoms with Crippen molar-refractivity contribution in [2.45, 2.75) is 32.7 Å². The molecular weight excluding hydrogens is 342 g/mol. The summed E-state index contributed by atoms with van der Waals surface area (Å²) in [6.45, 7) is 5.76. The Morgan fingerprint density at radius 2 is 1.93 bits per heavy atom. The maximum atomic E-state index is 12.7. The molecule has 0 aliphatic carbocycles. The Balaban J connectivity index is 1.48. The molecule has 0 N–H and O–H groups in total. The first-order valence-electron chi connectivity index (χ1n) is 9.27. The fraction of sp³-hybridized carbons (Fsp3) is 0.474. The van der Waals surface area contributed by atoms with Crippen LogP contribution in [0.2, 0.25) is 0 Å². The first-order chi connectivity index (χ1) is 12.9. The molecule has 0 unspecified atom stereocenters. The lowest BCUT2D eigenvalue weighted by molar-refractivity contribution is 0.0709. The number of carbonyl (C=O) groups is 1. The summed E-state index contributed by atoms with van der Waals surface area (Å²) >= 11 is 0. The van der Waals surface area contributed by atoms with Crippen molar-refractivity contribution in [2.75, 3.05) is 25.0 Å². The molecule has 0 aromatic carbocycles. The van der Waals surface area contributed by atoms with Gasteiger partial charge in [0.2, 0.25) is 0 Å². The van der Waals surface area contributed by atoms with Gasteiger partial charge in [0, 0.05) is 57.3 Å². The number of aryl methyl sites for hydroxylation is 3. The highest BCUT2D eigenvalue weighted by Gasteiger charge is 2.27. The fourth-order valence-electron chi connectivity index (χ4n) is 3.80. The van der Waals surface area contributed by atoms with Crippen LogP contribution in [0.15, 0.2) is 24.5 Å². The Labute approximate surface area is 158 Å². The van der Waals surface area contributed by atoms with Crippen LogP contribution in [0.4, 0.5) is 5.82 Å². The number of amides is 1. The molecule has 4 heterocycles. The summed E-state index contributed by atoms with van der Waals surface area (Å²) in [5.74, 6) is 1.11. The Bertz CT molecular complexity index is 981. The zero-order valence-electron chi connectivity index (χ0n) is 16.3. The summed E-state index contributed by atoms with van der Waals surface area (Å²) in [5.41, 5.74) is 3.48. The second-order valence-corrected chi connectivity index (χ2v) is 7.35. The highest BCUT2D eigenvalue weighted by atomic mass is 16.2. The van der Waals surface area contributed by atoms with Crippen LogP contribution in [0, 0.1) is 13.8 Å². The molecule has 8 nitrogen and oxygen atoms in total. The first kappa shape index (κ1) is 17.5. The van der Waals surface area contributed by atoms with Gasteiger partial charge in [-0.2, -0.15) is 14.7 Å². The molecule has 3 aromatic rings. The van der Waals surface area contributed by atoms with Crippen LogP contribution in [0.3, 0.4) is 0 Å². The van der Waals surface area contributed by atoms with Crippen molar-refractivity contribution in [1.82, 2.24) is 29.3 Å². The minimum atomic E-state index is 0.0337. The van der Waals surface area contributed by atoms with Crippen LogP contribution in [0.1, 0.15) is 34.6 Å². The number of fused-ring (bicyclic) bond motifs is 1. The lowest BCUT2D eigenvalue weighted by Crippen LogP contribution is -2.46. The third-order valence-corrected chi connectivity index (χ3v) is 5.27. The predicted octanol–water partition coefficient (Wildman–Crippen LogP) is 1.82. The first-order valence-corrected chi connectivity index (χ1v) is 9.27. The number of nitrogens with zero attached hydrogens (tertiary/aromatic N) is 7. The van der Waals surface area contributed by atoms with E-state index in [-0.39, 0.29) is 11.9 Å². The smallest absolute Gasteiger partial charge is 0.257 e. The van der Waals surface area contributed by atoms with Gasteiger partial charge in [0.15, 0.2) is 5.65 Å². The highest BCUT2D eigenvalue weighted by Crippen LogP contribution is 2.24. The van der Waals surface area contributed by atoms with Crippen LogP contribution in [-0.2, 0) is 7.05 Å². The summed E-state index contributed by atoms with van der Waals surface area (Å²) in [6.07, 6.45) is 5.24. The molecule has 0 spiro atoms. The minimum absolute atomic E-state index is 0.0337. The van der Waals surface area contributed by atoms with Crippen LogP contribution in [0.5, 0.6) is 0 Å². The van der Waals surface area contributed by atoms with Crippen molar-refractivity contribution in [1.29, 1.82) is 0 Å². The molecule has 1 saturated heterocycles. The standard InChI is InChI=1S/C19H25N7O/c1-13-10-18(26-17(21-13)9-14(2)22-26)25-7-5-16(6-8-25)24(4)19(27)15-11-20-23(3)12-15/h9-12,16H,5-8H2,1-4H3.